The van der Waals surface area contributed by atoms with Crippen LogP contribution in [0, 0.1) is 0 Å². The van der Waals surface area contributed by atoms with Crippen LogP contribution in [0.25, 0.3) is 0 Å². The standard InChI is InChI=1S/C13H9BrClNO/c14-11-8-9(6-7-12(11)15)13(17)16-10-4-2-1-3-5-10/h1-8H,(H,16,17). The summed E-state index contributed by atoms with van der Waals surface area (Å²) in [5.41, 5.74) is 1.33. The van der Waals surface area contributed by atoms with Crippen LogP contribution in [0.1, 0.15) is 10.4 Å². The first-order valence-corrected chi connectivity index (χ1v) is 6.15. The van der Waals surface area contributed by atoms with Crippen LogP contribution in [0.5, 0.6) is 0 Å². The molecule has 0 atom stereocenters. The fourth-order valence-corrected chi connectivity index (χ4v) is 1.86. The topological polar surface area (TPSA) is 29.1 Å². The lowest BCUT2D eigenvalue weighted by molar-refractivity contribution is 0.102. The molecule has 0 aliphatic heterocycles. The molecule has 2 aromatic carbocycles. The van der Waals surface area contributed by atoms with Gasteiger partial charge in [0.15, 0.2) is 0 Å². The first kappa shape index (κ1) is 12.1. The van der Waals surface area contributed by atoms with Gasteiger partial charge in [-0.2, -0.15) is 0 Å². The van der Waals surface area contributed by atoms with Crippen LogP contribution in [0.4, 0.5) is 5.69 Å². The molecule has 0 aromatic heterocycles. The summed E-state index contributed by atoms with van der Waals surface area (Å²) in [4.78, 5) is 11.9. The molecule has 0 spiro atoms. The number of benzene rings is 2. The molecule has 17 heavy (non-hydrogen) atoms. The summed E-state index contributed by atoms with van der Waals surface area (Å²) in [6.07, 6.45) is 0. The smallest absolute Gasteiger partial charge is 0.255 e. The monoisotopic (exact) mass is 309 g/mol. The molecule has 0 unspecified atom stereocenters. The molecule has 4 heteroatoms. The van der Waals surface area contributed by atoms with E-state index in [0.29, 0.717) is 15.1 Å². The van der Waals surface area contributed by atoms with Gasteiger partial charge in [0.25, 0.3) is 5.91 Å². The van der Waals surface area contributed by atoms with Gasteiger partial charge in [0, 0.05) is 15.7 Å². The Morgan fingerprint density at radius 3 is 2.47 bits per heavy atom. The van der Waals surface area contributed by atoms with E-state index >= 15 is 0 Å². The van der Waals surface area contributed by atoms with Gasteiger partial charge in [0.2, 0.25) is 0 Å². The Balaban J connectivity index is 2.18. The summed E-state index contributed by atoms with van der Waals surface area (Å²) in [7, 11) is 0. The molecule has 0 aliphatic rings. The Bertz CT molecular complexity index is 542. The highest BCUT2D eigenvalue weighted by atomic mass is 79.9. The number of nitrogens with one attached hydrogen (secondary N) is 1. The second kappa shape index (κ2) is 5.34. The maximum absolute atomic E-state index is 11.9. The average molecular weight is 311 g/mol. The number of hydrogen-bond donors (Lipinski definition) is 1. The summed E-state index contributed by atoms with van der Waals surface area (Å²) >= 11 is 9.15. The lowest BCUT2D eigenvalue weighted by Crippen LogP contribution is -2.11. The van der Waals surface area contributed by atoms with E-state index < -0.39 is 0 Å². The van der Waals surface area contributed by atoms with Crippen LogP contribution in [-0.4, -0.2) is 5.91 Å². The lowest BCUT2D eigenvalue weighted by atomic mass is 10.2. The summed E-state index contributed by atoms with van der Waals surface area (Å²) in [6.45, 7) is 0. The fraction of sp³-hybridized carbons (Fsp3) is 0. The van der Waals surface area contributed by atoms with Crippen molar-refractivity contribution in [3.8, 4) is 0 Å². The van der Waals surface area contributed by atoms with Crippen molar-refractivity contribution in [3.63, 3.8) is 0 Å². The first-order chi connectivity index (χ1) is 8.16. The molecule has 0 radical (unpaired) electrons. The van der Waals surface area contributed by atoms with Crippen LogP contribution in [0.15, 0.2) is 53.0 Å². The second-order valence-electron chi connectivity index (χ2n) is 3.45. The van der Waals surface area contributed by atoms with Crippen molar-refractivity contribution in [3.05, 3.63) is 63.6 Å². The third kappa shape index (κ3) is 3.08. The number of halogens is 2. The van der Waals surface area contributed by atoms with Crippen LogP contribution in [-0.2, 0) is 0 Å². The number of carbonyl (C=O) groups excluding carboxylic acids is 1. The zero-order valence-electron chi connectivity index (χ0n) is 8.78. The van der Waals surface area contributed by atoms with Gasteiger partial charge in [-0.3, -0.25) is 4.79 Å². The predicted molar refractivity (Wildman–Crippen MR) is 73.5 cm³/mol. The van der Waals surface area contributed by atoms with Crippen molar-refractivity contribution < 1.29 is 4.79 Å². The van der Waals surface area contributed by atoms with Crippen LogP contribution >= 0.6 is 27.5 Å². The van der Waals surface area contributed by atoms with E-state index in [9.17, 15) is 4.79 Å². The Morgan fingerprint density at radius 2 is 1.82 bits per heavy atom. The normalized spacial score (nSPS) is 10.0. The Labute approximate surface area is 113 Å². The largest absolute Gasteiger partial charge is 0.322 e. The molecule has 0 saturated carbocycles. The molecule has 0 bridgehead atoms. The van der Waals surface area contributed by atoms with Gasteiger partial charge in [0.1, 0.15) is 0 Å². The van der Waals surface area contributed by atoms with Crippen LogP contribution in [0.2, 0.25) is 5.02 Å². The molecule has 0 fully saturated rings. The van der Waals surface area contributed by atoms with Gasteiger partial charge >= 0.3 is 0 Å². The lowest BCUT2D eigenvalue weighted by Gasteiger charge is -2.05. The van der Waals surface area contributed by atoms with Crippen LogP contribution < -0.4 is 5.32 Å². The number of rotatable bonds is 2. The molecule has 2 nitrogen and oxygen atoms in total. The second-order valence-corrected chi connectivity index (χ2v) is 4.71. The van der Waals surface area contributed by atoms with Crippen molar-refractivity contribution >= 4 is 39.1 Å². The molecule has 0 aliphatic carbocycles. The van der Waals surface area contributed by atoms with E-state index in [1.807, 2.05) is 30.3 Å². The molecule has 2 aromatic rings. The minimum Gasteiger partial charge on any atom is -0.322 e. The van der Waals surface area contributed by atoms with Gasteiger partial charge in [-0.25, -0.2) is 0 Å². The SMILES string of the molecule is O=C(Nc1ccccc1)c1ccc(Cl)c(Br)c1. The Hall–Kier alpha value is -1.32. The third-order valence-electron chi connectivity index (χ3n) is 2.21. The first-order valence-electron chi connectivity index (χ1n) is 4.98. The highest BCUT2D eigenvalue weighted by Crippen LogP contribution is 2.23. The van der Waals surface area contributed by atoms with Gasteiger partial charge in [0.05, 0.1) is 5.02 Å². The van der Waals surface area contributed by atoms with Crippen molar-refractivity contribution in [2.24, 2.45) is 0 Å². The Morgan fingerprint density at radius 1 is 1.12 bits per heavy atom. The maximum atomic E-state index is 11.9. The number of hydrogen-bond acceptors (Lipinski definition) is 1. The van der Waals surface area contributed by atoms with Gasteiger partial charge in [-0.15, -0.1) is 0 Å². The molecule has 0 heterocycles. The van der Waals surface area contributed by atoms with Gasteiger partial charge in [-0.05, 0) is 46.3 Å². The molecular formula is C13H9BrClNO. The van der Waals surface area contributed by atoms with E-state index in [2.05, 4.69) is 21.2 Å². The Kier molecular flexibility index (Phi) is 3.82. The molecule has 1 N–H and O–H groups in total. The number of anilines is 1. The van der Waals surface area contributed by atoms with Crippen LogP contribution in [0.3, 0.4) is 0 Å². The highest BCUT2D eigenvalue weighted by Gasteiger charge is 2.07. The maximum Gasteiger partial charge on any atom is 0.255 e. The fourth-order valence-electron chi connectivity index (χ4n) is 1.36. The quantitative estimate of drug-likeness (QED) is 0.877. The minimum atomic E-state index is -0.159. The number of carbonyl (C=O) groups is 1. The van der Waals surface area contributed by atoms with Gasteiger partial charge in [-0.1, -0.05) is 29.8 Å². The summed E-state index contributed by atoms with van der Waals surface area (Å²) in [5, 5.41) is 3.39. The van der Waals surface area contributed by atoms with E-state index in [0.717, 1.165) is 5.69 Å². The molecule has 86 valence electrons. The third-order valence-corrected chi connectivity index (χ3v) is 3.43. The average Bonchev–Trinajstić information content (AvgIpc) is 2.34. The molecule has 1 amide bonds. The molecule has 0 saturated heterocycles. The summed E-state index contributed by atoms with van der Waals surface area (Å²) in [6, 6.07) is 14.4. The van der Waals surface area contributed by atoms with E-state index in [-0.39, 0.29) is 5.91 Å². The zero-order valence-corrected chi connectivity index (χ0v) is 11.1. The minimum absolute atomic E-state index is 0.159. The summed E-state index contributed by atoms with van der Waals surface area (Å²) in [5.74, 6) is -0.159. The summed E-state index contributed by atoms with van der Waals surface area (Å²) < 4.78 is 0.708. The highest BCUT2D eigenvalue weighted by molar-refractivity contribution is 9.10. The van der Waals surface area contributed by atoms with Gasteiger partial charge < -0.3 is 5.32 Å². The van der Waals surface area contributed by atoms with Crippen molar-refractivity contribution in [2.45, 2.75) is 0 Å². The predicted octanol–water partition coefficient (Wildman–Crippen LogP) is 4.35. The van der Waals surface area contributed by atoms with E-state index in [1.54, 1.807) is 18.2 Å². The zero-order chi connectivity index (χ0) is 12.3. The van der Waals surface area contributed by atoms with E-state index in [4.69, 9.17) is 11.6 Å². The molecular weight excluding hydrogens is 302 g/mol. The number of para-hydroxylation sites is 1. The van der Waals surface area contributed by atoms with Crippen molar-refractivity contribution in [2.75, 3.05) is 5.32 Å². The van der Waals surface area contributed by atoms with Crippen molar-refractivity contribution in [1.29, 1.82) is 0 Å². The number of amides is 1. The van der Waals surface area contributed by atoms with E-state index in [1.165, 1.54) is 0 Å². The molecule has 2 rings (SSSR count). The van der Waals surface area contributed by atoms with Crippen molar-refractivity contribution in [1.82, 2.24) is 0 Å².